The molecule has 0 bridgehead atoms. The molecule has 0 fully saturated rings. The predicted octanol–water partition coefficient (Wildman–Crippen LogP) is 2.15. The Bertz CT molecular complexity index is 588. The molecule has 0 aliphatic heterocycles. The number of methoxy groups -OCH3 is 3. The molecule has 1 rings (SSSR count). The summed E-state index contributed by atoms with van der Waals surface area (Å²) in [7, 11) is 4.28. The maximum Gasteiger partial charge on any atom is 0.320 e. The third-order valence-corrected chi connectivity index (χ3v) is 3.84. The Balaban J connectivity index is 3.35. The van der Waals surface area contributed by atoms with Crippen LogP contribution in [-0.4, -0.2) is 43.4 Å². The van der Waals surface area contributed by atoms with Crippen molar-refractivity contribution in [1.82, 2.24) is 0 Å². The van der Waals surface area contributed by atoms with Crippen molar-refractivity contribution < 1.29 is 29.0 Å². The Morgan fingerprint density at radius 3 is 2.29 bits per heavy atom. The van der Waals surface area contributed by atoms with E-state index in [2.05, 4.69) is 0 Å². The number of aliphatic hydroxyl groups is 1. The third kappa shape index (κ3) is 4.35. The average Bonchev–Trinajstić information content (AvgIpc) is 2.60. The van der Waals surface area contributed by atoms with E-state index in [1.807, 2.05) is 0 Å². The third-order valence-electron chi connectivity index (χ3n) is 3.84. The summed E-state index contributed by atoms with van der Waals surface area (Å²) in [5.74, 6) is -0.0242. The summed E-state index contributed by atoms with van der Waals surface area (Å²) >= 11 is 0. The van der Waals surface area contributed by atoms with E-state index in [1.54, 1.807) is 19.1 Å². The molecule has 1 aromatic rings. The molecule has 1 aromatic carbocycles. The highest BCUT2D eigenvalue weighted by molar-refractivity contribution is 5.78. The molecule has 0 heterocycles. The quantitative estimate of drug-likeness (QED) is 0.394. The monoisotopic (exact) mass is 341 g/mol. The van der Waals surface area contributed by atoms with Crippen LogP contribution in [0.2, 0.25) is 0 Å². The fraction of sp³-hybridized carbons (Fsp3) is 0.562. The molecular formula is C16H23NO7. The minimum atomic E-state index is -1.86. The smallest absolute Gasteiger partial charge is 0.320 e. The number of rotatable bonds is 10. The van der Waals surface area contributed by atoms with Crippen molar-refractivity contribution in [3.8, 4) is 17.2 Å². The van der Waals surface area contributed by atoms with Gasteiger partial charge in [0, 0.05) is 18.4 Å². The number of Topliss-reactive ketones (excluding diaryl/α,β-unsaturated/α-hetero) is 1. The van der Waals surface area contributed by atoms with E-state index in [1.165, 1.54) is 21.3 Å². The highest BCUT2D eigenvalue weighted by Gasteiger charge is 2.34. The molecule has 0 saturated heterocycles. The normalized spacial score (nSPS) is 13.0. The van der Waals surface area contributed by atoms with Crippen molar-refractivity contribution in [2.75, 3.05) is 21.3 Å². The Hall–Kier alpha value is -2.35. The van der Waals surface area contributed by atoms with Crippen LogP contribution in [0, 0.1) is 10.1 Å². The largest absolute Gasteiger partial charge is 0.493 e. The van der Waals surface area contributed by atoms with Crippen molar-refractivity contribution in [3.63, 3.8) is 0 Å². The van der Waals surface area contributed by atoms with Crippen LogP contribution in [0.25, 0.3) is 0 Å². The number of carbonyl (C=O) groups is 1. The summed E-state index contributed by atoms with van der Waals surface area (Å²) in [6, 6.07) is 3.16. The first-order chi connectivity index (χ1) is 11.4. The molecule has 8 nitrogen and oxygen atoms in total. The van der Waals surface area contributed by atoms with Gasteiger partial charge in [-0.25, -0.2) is 0 Å². The van der Waals surface area contributed by atoms with Gasteiger partial charge in [-0.15, -0.1) is 0 Å². The van der Waals surface area contributed by atoms with Crippen LogP contribution in [0.15, 0.2) is 12.1 Å². The summed E-state index contributed by atoms with van der Waals surface area (Å²) in [5, 5.41) is 21.1. The Morgan fingerprint density at radius 2 is 1.83 bits per heavy atom. The lowest BCUT2D eigenvalue weighted by atomic mass is 9.90. The molecule has 0 aliphatic carbocycles. The number of benzene rings is 1. The maximum atomic E-state index is 11.6. The molecule has 2 unspecified atom stereocenters. The number of ketones is 1. The highest BCUT2D eigenvalue weighted by atomic mass is 16.7. The summed E-state index contributed by atoms with van der Waals surface area (Å²) in [6.45, 7) is 1.72. The lowest BCUT2D eigenvalue weighted by molar-refractivity contribution is -0.575. The molecule has 134 valence electrons. The van der Waals surface area contributed by atoms with Gasteiger partial charge in [0.1, 0.15) is 5.78 Å². The van der Waals surface area contributed by atoms with E-state index in [-0.39, 0.29) is 30.1 Å². The lowest BCUT2D eigenvalue weighted by Crippen LogP contribution is -2.28. The predicted molar refractivity (Wildman–Crippen MR) is 86.4 cm³/mol. The number of nitrogens with zero attached hydrogens (tertiary/aromatic N) is 1. The minimum Gasteiger partial charge on any atom is -0.493 e. The maximum absolute atomic E-state index is 11.6. The molecule has 2 atom stereocenters. The fourth-order valence-corrected chi connectivity index (χ4v) is 2.52. The van der Waals surface area contributed by atoms with Gasteiger partial charge in [0.15, 0.2) is 11.5 Å². The molecule has 1 N–H and O–H groups in total. The zero-order valence-corrected chi connectivity index (χ0v) is 14.3. The van der Waals surface area contributed by atoms with Gasteiger partial charge in [0.25, 0.3) is 0 Å². The van der Waals surface area contributed by atoms with Gasteiger partial charge in [0.2, 0.25) is 5.75 Å². The van der Waals surface area contributed by atoms with Crippen LogP contribution in [0.5, 0.6) is 17.2 Å². The number of aliphatic hydroxyl groups excluding tert-OH is 1. The summed E-state index contributed by atoms with van der Waals surface area (Å²) in [4.78, 5) is 21.9. The fourth-order valence-electron chi connectivity index (χ4n) is 2.52. The van der Waals surface area contributed by atoms with Crippen LogP contribution in [0.1, 0.15) is 37.7 Å². The zero-order valence-electron chi connectivity index (χ0n) is 14.3. The number of ether oxygens (including phenoxy) is 3. The number of hydrogen-bond donors (Lipinski definition) is 1. The molecule has 0 aliphatic rings. The van der Waals surface area contributed by atoms with E-state index in [0.717, 1.165) is 0 Å². The van der Waals surface area contributed by atoms with Crippen LogP contribution >= 0.6 is 0 Å². The van der Waals surface area contributed by atoms with Gasteiger partial charge in [0.05, 0.1) is 32.2 Å². The summed E-state index contributed by atoms with van der Waals surface area (Å²) < 4.78 is 15.8. The Morgan fingerprint density at radius 1 is 1.21 bits per heavy atom. The molecule has 0 amide bonds. The first-order valence-corrected chi connectivity index (χ1v) is 7.53. The van der Waals surface area contributed by atoms with Crippen LogP contribution < -0.4 is 14.2 Å². The van der Waals surface area contributed by atoms with Gasteiger partial charge in [-0.3, -0.25) is 14.9 Å². The van der Waals surface area contributed by atoms with E-state index in [0.29, 0.717) is 17.7 Å². The van der Waals surface area contributed by atoms with Crippen LogP contribution in [0.3, 0.4) is 0 Å². The van der Waals surface area contributed by atoms with Gasteiger partial charge >= 0.3 is 6.23 Å². The molecule has 0 radical (unpaired) electrons. The van der Waals surface area contributed by atoms with E-state index >= 15 is 0 Å². The van der Waals surface area contributed by atoms with Crippen LogP contribution in [-0.2, 0) is 4.79 Å². The van der Waals surface area contributed by atoms with Gasteiger partial charge < -0.3 is 19.3 Å². The van der Waals surface area contributed by atoms with Gasteiger partial charge in [-0.05, 0) is 12.5 Å². The number of nitro groups is 1. The summed E-state index contributed by atoms with van der Waals surface area (Å²) in [5.41, 5.74) is 0.392. The molecular weight excluding hydrogens is 318 g/mol. The van der Waals surface area contributed by atoms with Crippen molar-refractivity contribution >= 4 is 5.78 Å². The molecule has 0 aromatic heterocycles. The molecule has 8 heteroatoms. The van der Waals surface area contributed by atoms with Crippen molar-refractivity contribution in [3.05, 3.63) is 27.8 Å². The first-order valence-electron chi connectivity index (χ1n) is 7.53. The number of carbonyl (C=O) groups excluding carboxylic acids is 1. The van der Waals surface area contributed by atoms with E-state index in [4.69, 9.17) is 14.2 Å². The van der Waals surface area contributed by atoms with E-state index < -0.39 is 17.1 Å². The highest BCUT2D eigenvalue weighted by Crippen LogP contribution is 2.44. The van der Waals surface area contributed by atoms with Crippen molar-refractivity contribution in [2.24, 2.45) is 0 Å². The SMILES string of the molecule is CCC(=O)CCC(c1ccc(OC)c(OC)c1OC)C(O)[N+](=O)[O-]. The van der Waals surface area contributed by atoms with Crippen molar-refractivity contribution in [1.29, 1.82) is 0 Å². The van der Waals surface area contributed by atoms with E-state index in [9.17, 15) is 20.0 Å². The molecule has 0 saturated carbocycles. The first kappa shape index (κ1) is 19.7. The summed E-state index contributed by atoms with van der Waals surface area (Å²) in [6.07, 6.45) is -1.27. The van der Waals surface area contributed by atoms with Gasteiger partial charge in [-0.1, -0.05) is 13.0 Å². The Kier molecular flexibility index (Phi) is 7.44. The zero-order chi connectivity index (χ0) is 18.3. The van der Waals surface area contributed by atoms with Gasteiger partial charge in [-0.2, -0.15) is 0 Å². The lowest BCUT2D eigenvalue weighted by Gasteiger charge is -2.22. The standard InChI is InChI=1S/C16H23NO7/c1-5-10(18)6-7-12(16(19)17(20)21)11-8-9-13(22-2)15(24-4)14(11)23-3/h8-9,12,16,19H,5-7H2,1-4H3. The second-order valence-corrected chi connectivity index (χ2v) is 5.16. The number of hydrogen-bond acceptors (Lipinski definition) is 7. The molecule has 24 heavy (non-hydrogen) atoms. The minimum absolute atomic E-state index is 0.0324. The average molecular weight is 341 g/mol. The Labute approximate surface area is 140 Å². The second-order valence-electron chi connectivity index (χ2n) is 5.16. The second kappa shape index (κ2) is 9.07. The van der Waals surface area contributed by atoms with Crippen molar-refractivity contribution in [2.45, 2.75) is 38.3 Å². The topological polar surface area (TPSA) is 108 Å². The molecule has 0 spiro atoms. The van der Waals surface area contributed by atoms with Crippen LogP contribution in [0.4, 0.5) is 0 Å².